The van der Waals surface area contributed by atoms with Gasteiger partial charge in [-0.1, -0.05) is 29.8 Å². The monoisotopic (exact) mass is 402 g/mol. The van der Waals surface area contributed by atoms with Crippen LogP contribution in [-0.2, 0) is 14.4 Å². The number of aryl methyl sites for hydroxylation is 2. The van der Waals surface area contributed by atoms with E-state index < -0.39 is 17.7 Å². The number of halogens is 1. The average molecular weight is 403 g/mol. The number of amides is 3. The Bertz CT molecular complexity index is 923. The SMILES string of the molecule is Cc1cccc(C)c1NC(=O)C(=O)N/N=C\c1ccc(OCC(N)=O)c(Cl)c1. The van der Waals surface area contributed by atoms with Crippen LogP contribution in [0.2, 0.25) is 5.02 Å². The quantitative estimate of drug-likeness (QED) is 0.388. The molecule has 28 heavy (non-hydrogen) atoms. The second kappa shape index (κ2) is 9.52. The summed E-state index contributed by atoms with van der Waals surface area (Å²) in [5.74, 6) is -2.08. The number of nitrogens with two attached hydrogens (primary N) is 1. The van der Waals surface area contributed by atoms with E-state index in [2.05, 4.69) is 15.8 Å². The number of nitrogens with zero attached hydrogens (tertiary/aromatic N) is 1. The molecule has 2 aromatic rings. The van der Waals surface area contributed by atoms with Crippen molar-refractivity contribution in [3.63, 3.8) is 0 Å². The van der Waals surface area contributed by atoms with E-state index in [1.165, 1.54) is 18.3 Å². The summed E-state index contributed by atoms with van der Waals surface area (Å²) in [5.41, 5.74) is 9.98. The van der Waals surface area contributed by atoms with Gasteiger partial charge in [-0.2, -0.15) is 5.10 Å². The molecule has 0 radical (unpaired) electrons. The molecule has 2 rings (SSSR count). The first kappa shape index (κ1) is 20.9. The van der Waals surface area contributed by atoms with E-state index in [-0.39, 0.29) is 17.4 Å². The van der Waals surface area contributed by atoms with E-state index in [4.69, 9.17) is 22.1 Å². The lowest BCUT2D eigenvalue weighted by molar-refractivity contribution is -0.136. The number of hydrazone groups is 1. The van der Waals surface area contributed by atoms with Gasteiger partial charge < -0.3 is 15.8 Å². The number of carbonyl (C=O) groups excluding carboxylic acids is 3. The number of nitrogens with one attached hydrogen (secondary N) is 2. The number of benzene rings is 2. The van der Waals surface area contributed by atoms with Crippen LogP contribution < -0.4 is 21.2 Å². The summed E-state index contributed by atoms with van der Waals surface area (Å²) >= 11 is 6.03. The molecule has 146 valence electrons. The maximum Gasteiger partial charge on any atom is 0.329 e. The summed E-state index contributed by atoms with van der Waals surface area (Å²) in [6.07, 6.45) is 1.31. The average Bonchev–Trinajstić information content (AvgIpc) is 2.63. The van der Waals surface area contributed by atoms with Gasteiger partial charge in [-0.25, -0.2) is 5.43 Å². The highest BCUT2D eigenvalue weighted by molar-refractivity contribution is 6.39. The lowest BCUT2D eigenvalue weighted by Gasteiger charge is -2.10. The Labute approximate surface area is 166 Å². The van der Waals surface area contributed by atoms with Crippen LogP contribution in [0, 0.1) is 13.8 Å². The van der Waals surface area contributed by atoms with E-state index in [9.17, 15) is 14.4 Å². The van der Waals surface area contributed by atoms with Gasteiger partial charge in [-0.05, 0) is 48.7 Å². The fourth-order valence-electron chi connectivity index (χ4n) is 2.26. The van der Waals surface area contributed by atoms with Gasteiger partial charge in [0.15, 0.2) is 6.61 Å². The molecular formula is C19H19ClN4O4. The van der Waals surface area contributed by atoms with Crippen LogP contribution in [-0.4, -0.2) is 30.5 Å². The molecule has 0 bridgehead atoms. The zero-order valence-electron chi connectivity index (χ0n) is 15.3. The van der Waals surface area contributed by atoms with Crippen LogP contribution in [0.1, 0.15) is 16.7 Å². The molecule has 0 aliphatic rings. The molecule has 3 amide bonds. The molecular weight excluding hydrogens is 384 g/mol. The van der Waals surface area contributed by atoms with Gasteiger partial charge in [0.2, 0.25) is 0 Å². The fourth-order valence-corrected chi connectivity index (χ4v) is 2.51. The molecule has 0 aromatic heterocycles. The summed E-state index contributed by atoms with van der Waals surface area (Å²) in [5, 5.41) is 6.54. The van der Waals surface area contributed by atoms with Crippen molar-refractivity contribution in [3.8, 4) is 5.75 Å². The molecule has 0 fully saturated rings. The van der Waals surface area contributed by atoms with Crippen molar-refractivity contribution >= 4 is 41.2 Å². The Balaban J connectivity index is 1.94. The molecule has 0 saturated heterocycles. The van der Waals surface area contributed by atoms with E-state index in [1.54, 1.807) is 6.07 Å². The lowest BCUT2D eigenvalue weighted by atomic mass is 10.1. The maximum absolute atomic E-state index is 12.0. The molecule has 9 heteroatoms. The second-order valence-corrected chi connectivity index (χ2v) is 6.27. The summed E-state index contributed by atoms with van der Waals surface area (Å²) < 4.78 is 5.13. The molecule has 0 aliphatic heterocycles. The standard InChI is InChI=1S/C19H19ClN4O4/c1-11-4-3-5-12(2)17(11)23-18(26)19(27)24-22-9-13-6-7-15(14(20)8-13)28-10-16(21)25/h3-9H,10H2,1-2H3,(H2,21,25)(H,23,26)(H,24,27)/b22-9-. The number of hydrogen-bond donors (Lipinski definition) is 3. The first-order chi connectivity index (χ1) is 13.3. The zero-order valence-corrected chi connectivity index (χ0v) is 16.0. The van der Waals surface area contributed by atoms with Gasteiger partial charge in [0.1, 0.15) is 5.75 Å². The minimum atomic E-state index is -0.911. The van der Waals surface area contributed by atoms with Crippen molar-refractivity contribution in [2.45, 2.75) is 13.8 Å². The Morgan fingerprint density at radius 3 is 2.43 bits per heavy atom. The van der Waals surface area contributed by atoms with E-state index in [1.807, 2.05) is 32.0 Å². The number of rotatable bonds is 6. The van der Waals surface area contributed by atoms with Crippen LogP contribution >= 0.6 is 11.6 Å². The van der Waals surface area contributed by atoms with Crippen molar-refractivity contribution in [3.05, 3.63) is 58.1 Å². The topological polar surface area (TPSA) is 123 Å². The molecule has 0 heterocycles. The molecule has 0 unspecified atom stereocenters. The van der Waals surface area contributed by atoms with Crippen molar-refractivity contribution < 1.29 is 19.1 Å². The summed E-state index contributed by atoms with van der Waals surface area (Å²) in [6.45, 7) is 3.37. The Morgan fingerprint density at radius 1 is 1.14 bits per heavy atom. The number of carbonyl (C=O) groups is 3. The Kier molecular flexibility index (Phi) is 7.11. The van der Waals surface area contributed by atoms with Gasteiger partial charge >= 0.3 is 11.8 Å². The molecule has 0 spiro atoms. The number of primary amides is 1. The summed E-state index contributed by atoms with van der Waals surface area (Å²) in [7, 11) is 0. The van der Waals surface area contributed by atoms with Crippen LogP contribution in [0.5, 0.6) is 5.75 Å². The molecule has 2 aromatic carbocycles. The molecule has 0 aliphatic carbocycles. The van der Waals surface area contributed by atoms with Crippen molar-refractivity contribution in [1.82, 2.24) is 5.43 Å². The van der Waals surface area contributed by atoms with Crippen LogP contribution in [0.25, 0.3) is 0 Å². The largest absolute Gasteiger partial charge is 0.482 e. The second-order valence-electron chi connectivity index (χ2n) is 5.86. The molecule has 8 nitrogen and oxygen atoms in total. The lowest BCUT2D eigenvalue weighted by Crippen LogP contribution is -2.32. The van der Waals surface area contributed by atoms with Crippen molar-refractivity contribution in [1.29, 1.82) is 0 Å². The van der Waals surface area contributed by atoms with Crippen LogP contribution in [0.4, 0.5) is 5.69 Å². The summed E-state index contributed by atoms with van der Waals surface area (Å²) in [6, 6.07) is 10.2. The first-order valence-corrected chi connectivity index (χ1v) is 8.57. The van der Waals surface area contributed by atoms with Gasteiger partial charge in [-0.15, -0.1) is 0 Å². The minimum Gasteiger partial charge on any atom is -0.482 e. The predicted molar refractivity (Wildman–Crippen MR) is 106 cm³/mol. The van der Waals surface area contributed by atoms with Crippen LogP contribution in [0.3, 0.4) is 0 Å². The smallest absolute Gasteiger partial charge is 0.329 e. The number of anilines is 1. The van der Waals surface area contributed by atoms with Crippen molar-refractivity contribution in [2.24, 2.45) is 10.8 Å². The van der Waals surface area contributed by atoms with Gasteiger partial charge in [0.25, 0.3) is 5.91 Å². The highest BCUT2D eigenvalue weighted by atomic mass is 35.5. The predicted octanol–water partition coefficient (Wildman–Crippen LogP) is 1.91. The number of ether oxygens (including phenoxy) is 1. The third-order valence-corrected chi connectivity index (χ3v) is 3.93. The zero-order chi connectivity index (χ0) is 20.7. The molecule has 0 saturated carbocycles. The number of para-hydroxylation sites is 1. The van der Waals surface area contributed by atoms with Crippen LogP contribution in [0.15, 0.2) is 41.5 Å². The Hall–Kier alpha value is -3.39. The third kappa shape index (κ3) is 5.82. The molecule has 0 atom stereocenters. The fraction of sp³-hybridized carbons (Fsp3) is 0.158. The van der Waals surface area contributed by atoms with E-state index >= 15 is 0 Å². The number of hydrogen-bond acceptors (Lipinski definition) is 5. The molecule has 4 N–H and O–H groups in total. The van der Waals surface area contributed by atoms with E-state index in [0.29, 0.717) is 11.3 Å². The van der Waals surface area contributed by atoms with Crippen molar-refractivity contribution in [2.75, 3.05) is 11.9 Å². The third-order valence-electron chi connectivity index (χ3n) is 3.63. The first-order valence-electron chi connectivity index (χ1n) is 8.19. The maximum atomic E-state index is 12.0. The minimum absolute atomic E-state index is 0.240. The Morgan fingerprint density at radius 2 is 1.82 bits per heavy atom. The highest BCUT2D eigenvalue weighted by Gasteiger charge is 2.15. The summed E-state index contributed by atoms with van der Waals surface area (Å²) in [4.78, 5) is 34.6. The van der Waals surface area contributed by atoms with Gasteiger partial charge in [-0.3, -0.25) is 14.4 Å². The normalized spacial score (nSPS) is 10.5. The van der Waals surface area contributed by atoms with Gasteiger partial charge in [0.05, 0.1) is 11.2 Å². The van der Waals surface area contributed by atoms with E-state index in [0.717, 1.165) is 11.1 Å². The van der Waals surface area contributed by atoms with Gasteiger partial charge in [0, 0.05) is 5.69 Å². The highest BCUT2D eigenvalue weighted by Crippen LogP contribution is 2.24.